The number of aromatic nitrogens is 1. The van der Waals surface area contributed by atoms with Gasteiger partial charge in [0.15, 0.2) is 6.20 Å². The van der Waals surface area contributed by atoms with Gasteiger partial charge in [0, 0.05) is 28.0 Å². The van der Waals surface area contributed by atoms with E-state index in [1.165, 1.54) is 5.56 Å². The number of furan rings is 1. The standard InChI is InChI=1S/C39H28FN2O/c1-24-12-18-32-33-19-17-31(22-41)37(39(33)43-38(32)36(24)35-21-34(40)25(2)23-42(35)3)28-15-13-27(14-16-28)30-11-7-10-29(20-30)26-8-5-4-6-9-26/h4-21,23H,1-3H3/q+1. The highest BCUT2D eigenvalue weighted by atomic mass is 19.1. The molecule has 4 heteroatoms. The van der Waals surface area contributed by atoms with Crippen molar-refractivity contribution in [2.45, 2.75) is 13.8 Å². The summed E-state index contributed by atoms with van der Waals surface area (Å²) in [5.74, 6) is -0.262. The van der Waals surface area contributed by atoms with E-state index < -0.39 is 0 Å². The van der Waals surface area contributed by atoms with E-state index in [2.05, 4.69) is 66.7 Å². The van der Waals surface area contributed by atoms with Crippen LogP contribution >= 0.6 is 0 Å². The summed E-state index contributed by atoms with van der Waals surface area (Å²) in [6.45, 7) is 3.77. The molecule has 0 saturated carbocycles. The average Bonchev–Trinajstić information content (AvgIpc) is 3.41. The summed E-state index contributed by atoms with van der Waals surface area (Å²) in [6.07, 6.45) is 1.79. The first-order valence-electron chi connectivity index (χ1n) is 14.2. The minimum Gasteiger partial charge on any atom is -0.454 e. The van der Waals surface area contributed by atoms with Crippen molar-refractivity contribution in [2.24, 2.45) is 7.05 Å². The molecular weight excluding hydrogens is 531 g/mol. The third-order valence-electron chi connectivity index (χ3n) is 8.28. The quantitative estimate of drug-likeness (QED) is 0.201. The van der Waals surface area contributed by atoms with Crippen molar-refractivity contribution < 1.29 is 13.4 Å². The van der Waals surface area contributed by atoms with Crippen molar-refractivity contribution in [3.8, 4) is 50.7 Å². The molecule has 0 atom stereocenters. The molecule has 43 heavy (non-hydrogen) atoms. The van der Waals surface area contributed by atoms with E-state index in [4.69, 9.17) is 4.42 Å². The Balaban J connectivity index is 1.38. The molecule has 0 bridgehead atoms. The van der Waals surface area contributed by atoms with Crippen molar-refractivity contribution in [1.29, 1.82) is 5.26 Å². The van der Waals surface area contributed by atoms with Crippen LogP contribution in [0, 0.1) is 31.0 Å². The first kappa shape index (κ1) is 26.4. The largest absolute Gasteiger partial charge is 0.454 e. The lowest BCUT2D eigenvalue weighted by Crippen LogP contribution is -2.31. The number of aryl methyl sites for hydroxylation is 3. The molecule has 2 aromatic heterocycles. The number of nitrogens with zero attached hydrogens (tertiary/aromatic N) is 2. The van der Waals surface area contributed by atoms with Crippen molar-refractivity contribution >= 4 is 21.9 Å². The molecule has 0 unspecified atom stereocenters. The van der Waals surface area contributed by atoms with E-state index in [0.717, 1.165) is 55.4 Å². The van der Waals surface area contributed by atoms with Gasteiger partial charge in [-0.3, -0.25) is 0 Å². The maximum Gasteiger partial charge on any atom is 0.219 e. The zero-order valence-electron chi connectivity index (χ0n) is 24.2. The lowest BCUT2D eigenvalue weighted by molar-refractivity contribution is -0.661. The number of pyridine rings is 1. The van der Waals surface area contributed by atoms with Crippen molar-refractivity contribution in [3.63, 3.8) is 0 Å². The highest BCUT2D eigenvalue weighted by Crippen LogP contribution is 2.42. The minimum absolute atomic E-state index is 0.262. The summed E-state index contributed by atoms with van der Waals surface area (Å²) in [5.41, 5.74) is 11.2. The molecule has 0 spiro atoms. The zero-order valence-corrected chi connectivity index (χ0v) is 24.2. The Kier molecular flexibility index (Phi) is 6.37. The minimum atomic E-state index is -0.262. The molecule has 0 saturated heterocycles. The lowest BCUT2D eigenvalue weighted by Gasteiger charge is -2.09. The van der Waals surface area contributed by atoms with Gasteiger partial charge in [-0.2, -0.15) is 5.26 Å². The van der Waals surface area contributed by atoms with Crippen LogP contribution in [0.15, 0.2) is 120 Å². The van der Waals surface area contributed by atoms with Crippen molar-refractivity contribution in [2.75, 3.05) is 0 Å². The van der Waals surface area contributed by atoms with Gasteiger partial charge in [0.1, 0.15) is 24.0 Å². The van der Waals surface area contributed by atoms with Gasteiger partial charge in [-0.15, -0.1) is 0 Å². The fourth-order valence-electron chi connectivity index (χ4n) is 6.04. The number of rotatable bonds is 4. The molecule has 7 aromatic rings. The number of hydrogen-bond acceptors (Lipinski definition) is 2. The molecular formula is C39H28FN2O+. The predicted octanol–water partition coefficient (Wildman–Crippen LogP) is 9.71. The molecule has 0 N–H and O–H groups in total. The van der Waals surface area contributed by atoms with E-state index in [0.29, 0.717) is 22.3 Å². The number of hydrogen-bond donors (Lipinski definition) is 0. The Morgan fingerprint density at radius 3 is 1.93 bits per heavy atom. The van der Waals surface area contributed by atoms with Crippen molar-refractivity contribution in [3.05, 3.63) is 138 Å². The Bertz CT molecular complexity index is 2220. The van der Waals surface area contributed by atoms with Gasteiger partial charge in [-0.25, -0.2) is 8.96 Å². The topological polar surface area (TPSA) is 40.8 Å². The molecule has 0 aliphatic rings. The molecule has 0 aliphatic heterocycles. The third kappa shape index (κ3) is 4.47. The molecule has 0 radical (unpaired) electrons. The molecule has 2 heterocycles. The van der Waals surface area contributed by atoms with Crippen LogP contribution in [0.3, 0.4) is 0 Å². The van der Waals surface area contributed by atoms with Gasteiger partial charge in [0.2, 0.25) is 5.69 Å². The summed E-state index contributed by atoms with van der Waals surface area (Å²) in [4.78, 5) is 0. The van der Waals surface area contributed by atoms with Crippen LogP contribution < -0.4 is 4.57 Å². The van der Waals surface area contributed by atoms with Gasteiger partial charge in [0.05, 0.1) is 17.2 Å². The van der Waals surface area contributed by atoms with Crippen LogP contribution in [-0.4, -0.2) is 0 Å². The summed E-state index contributed by atoms with van der Waals surface area (Å²) in [5, 5.41) is 12.0. The van der Waals surface area contributed by atoms with E-state index in [9.17, 15) is 9.65 Å². The monoisotopic (exact) mass is 559 g/mol. The molecule has 206 valence electrons. The van der Waals surface area contributed by atoms with Crippen LogP contribution in [0.4, 0.5) is 4.39 Å². The first-order valence-corrected chi connectivity index (χ1v) is 14.2. The first-order chi connectivity index (χ1) is 20.9. The molecule has 7 rings (SSSR count). The molecule has 3 nitrogen and oxygen atoms in total. The fraction of sp³-hybridized carbons (Fsp3) is 0.0769. The van der Waals surface area contributed by atoms with Gasteiger partial charge < -0.3 is 4.42 Å². The highest BCUT2D eigenvalue weighted by molar-refractivity contribution is 6.14. The van der Waals surface area contributed by atoms with Crippen LogP contribution in [-0.2, 0) is 7.05 Å². The Labute approximate surface area is 249 Å². The van der Waals surface area contributed by atoms with E-state index in [1.54, 1.807) is 19.2 Å². The van der Waals surface area contributed by atoms with Crippen LogP contribution in [0.5, 0.6) is 0 Å². The Morgan fingerprint density at radius 1 is 0.628 bits per heavy atom. The van der Waals surface area contributed by atoms with Crippen molar-refractivity contribution in [1.82, 2.24) is 0 Å². The molecule has 0 aliphatic carbocycles. The zero-order chi connectivity index (χ0) is 29.7. The maximum absolute atomic E-state index is 14.7. The highest BCUT2D eigenvalue weighted by Gasteiger charge is 2.24. The van der Waals surface area contributed by atoms with Gasteiger partial charge in [-0.05, 0) is 65.4 Å². The summed E-state index contributed by atoms with van der Waals surface area (Å²) >= 11 is 0. The summed E-state index contributed by atoms with van der Waals surface area (Å²) in [7, 11) is 1.92. The second-order valence-corrected chi connectivity index (χ2v) is 11.0. The van der Waals surface area contributed by atoms with E-state index in [-0.39, 0.29) is 5.82 Å². The molecule has 0 amide bonds. The predicted molar refractivity (Wildman–Crippen MR) is 171 cm³/mol. The number of nitriles is 1. The lowest BCUT2D eigenvalue weighted by atomic mass is 9.94. The second kappa shape index (κ2) is 10.4. The summed E-state index contributed by atoms with van der Waals surface area (Å²) < 4.78 is 23.3. The smallest absolute Gasteiger partial charge is 0.219 e. The fourth-order valence-corrected chi connectivity index (χ4v) is 6.04. The Morgan fingerprint density at radius 2 is 1.23 bits per heavy atom. The summed E-state index contributed by atoms with van der Waals surface area (Å²) in [6, 6.07) is 39.0. The van der Waals surface area contributed by atoms with Crippen LogP contribution in [0.1, 0.15) is 16.7 Å². The number of benzene rings is 5. The van der Waals surface area contributed by atoms with Crippen LogP contribution in [0.2, 0.25) is 0 Å². The average molecular weight is 560 g/mol. The third-order valence-corrected chi connectivity index (χ3v) is 8.28. The number of halogens is 1. The maximum atomic E-state index is 14.7. The number of fused-ring (bicyclic) bond motifs is 3. The Hall–Kier alpha value is -5.53. The molecule has 5 aromatic carbocycles. The normalized spacial score (nSPS) is 11.2. The van der Waals surface area contributed by atoms with E-state index in [1.807, 2.05) is 61.0 Å². The molecule has 0 fully saturated rings. The van der Waals surface area contributed by atoms with Crippen LogP contribution in [0.25, 0.3) is 66.6 Å². The second-order valence-electron chi connectivity index (χ2n) is 11.0. The van der Waals surface area contributed by atoms with Gasteiger partial charge in [0.25, 0.3) is 0 Å². The van der Waals surface area contributed by atoms with E-state index >= 15 is 0 Å². The van der Waals surface area contributed by atoms with Gasteiger partial charge in [-0.1, -0.05) is 84.9 Å². The van der Waals surface area contributed by atoms with Gasteiger partial charge >= 0.3 is 0 Å². The SMILES string of the molecule is Cc1c[n+](C)c(-c2c(C)ccc3c2oc2c(-c4ccc(-c5cccc(-c6ccccc6)c5)cc4)c(C#N)ccc23)cc1F.